The molecule has 1 fully saturated rings. The highest BCUT2D eigenvalue weighted by atomic mass is 32.2. The maximum atomic E-state index is 11.3. The van der Waals surface area contributed by atoms with Gasteiger partial charge in [-0.15, -0.1) is 11.3 Å². The third-order valence-electron chi connectivity index (χ3n) is 3.26. The maximum Gasteiger partial charge on any atom is 0.294 e. The van der Waals surface area contributed by atoms with Crippen LogP contribution in [0.4, 0.5) is 0 Å². The van der Waals surface area contributed by atoms with Gasteiger partial charge in [0.2, 0.25) is 0 Å². The van der Waals surface area contributed by atoms with Gasteiger partial charge in [0.15, 0.2) is 5.01 Å². The van der Waals surface area contributed by atoms with Crippen LogP contribution in [0.25, 0.3) is 0 Å². The van der Waals surface area contributed by atoms with Gasteiger partial charge >= 0.3 is 0 Å². The number of thioether (sulfide) groups is 1. The summed E-state index contributed by atoms with van der Waals surface area (Å²) in [5.41, 5.74) is 3.05. The van der Waals surface area contributed by atoms with Crippen molar-refractivity contribution in [2.75, 3.05) is 12.3 Å². The molecular formula is C11H18N4OS2. The van der Waals surface area contributed by atoms with E-state index in [0.717, 1.165) is 24.5 Å². The number of hydrogen-bond donors (Lipinski definition) is 2. The van der Waals surface area contributed by atoms with Crippen LogP contribution in [0.2, 0.25) is 0 Å². The number of nitrogens with one attached hydrogen (secondary N) is 1. The third kappa shape index (κ3) is 3.03. The average molecular weight is 286 g/mol. The monoisotopic (exact) mass is 286 g/mol. The predicted molar refractivity (Wildman–Crippen MR) is 75.6 cm³/mol. The van der Waals surface area contributed by atoms with Gasteiger partial charge in [0.05, 0.1) is 5.69 Å². The van der Waals surface area contributed by atoms with Gasteiger partial charge in [0.25, 0.3) is 5.91 Å². The highest BCUT2D eigenvalue weighted by molar-refractivity contribution is 8.00. The Morgan fingerprint density at radius 3 is 3.17 bits per heavy atom. The normalized spacial score (nSPS) is 25.1. The number of rotatable bonds is 3. The van der Waals surface area contributed by atoms with E-state index in [9.17, 15) is 4.79 Å². The smallest absolute Gasteiger partial charge is 0.293 e. The lowest BCUT2D eigenvalue weighted by molar-refractivity contribution is 0.0953. The van der Waals surface area contributed by atoms with Gasteiger partial charge in [0, 0.05) is 35.5 Å². The van der Waals surface area contributed by atoms with Crippen LogP contribution in [-0.2, 0) is 6.54 Å². The van der Waals surface area contributed by atoms with E-state index in [1.807, 2.05) is 17.1 Å². The molecule has 1 aliphatic heterocycles. The molecule has 0 radical (unpaired) electrons. The number of aromatic nitrogens is 1. The molecule has 1 saturated heterocycles. The summed E-state index contributed by atoms with van der Waals surface area (Å²) >= 11 is 3.35. The molecule has 0 bridgehead atoms. The van der Waals surface area contributed by atoms with Crippen LogP contribution in [-0.4, -0.2) is 39.4 Å². The largest absolute Gasteiger partial charge is 0.294 e. The lowest BCUT2D eigenvalue weighted by Gasteiger charge is -2.37. The molecule has 0 aliphatic carbocycles. The lowest BCUT2D eigenvalue weighted by Crippen LogP contribution is -2.44. The molecule has 7 heteroatoms. The minimum absolute atomic E-state index is 0.318. The highest BCUT2D eigenvalue weighted by Crippen LogP contribution is 2.25. The SMILES string of the molecule is CC1SCCN(Cc2csc(C(=O)NN)n2)C1C. The van der Waals surface area contributed by atoms with Gasteiger partial charge in [-0.2, -0.15) is 11.8 Å². The van der Waals surface area contributed by atoms with Gasteiger partial charge in [-0.3, -0.25) is 15.1 Å². The summed E-state index contributed by atoms with van der Waals surface area (Å²) in [7, 11) is 0. The fourth-order valence-electron chi connectivity index (χ4n) is 1.97. The van der Waals surface area contributed by atoms with Crippen molar-refractivity contribution in [3.63, 3.8) is 0 Å². The van der Waals surface area contributed by atoms with Crippen LogP contribution < -0.4 is 11.3 Å². The Hall–Kier alpha value is -0.630. The van der Waals surface area contributed by atoms with Crippen molar-refractivity contribution < 1.29 is 4.79 Å². The summed E-state index contributed by atoms with van der Waals surface area (Å²) in [6.07, 6.45) is 0. The van der Waals surface area contributed by atoms with Crippen molar-refractivity contribution in [3.05, 3.63) is 16.1 Å². The molecular weight excluding hydrogens is 268 g/mol. The summed E-state index contributed by atoms with van der Waals surface area (Å²) in [5, 5.41) is 3.01. The van der Waals surface area contributed by atoms with Crippen LogP contribution in [0.15, 0.2) is 5.38 Å². The van der Waals surface area contributed by atoms with Gasteiger partial charge in [-0.05, 0) is 6.92 Å². The molecule has 0 saturated carbocycles. The van der Waals surface area contributed by atoms with E-state index in [1.54, 1.807) is 0 Å². The van der Waals surface area contributed by atoms with Crippen molar-refractivity contribution >= 4 is 29.0 Å². The number of thiazole rings is 1. The van der Waals surface area contributed by atoms with Crippen LogP contribution in [0.5, 0.6) is 0 Å². The Kier molecular flexibility index (Phi) is 4.60. The molecule has 0 aromatic carbocycles. The van der Waals surface area contributed by atoms with Crippen LogP contribution in [0, 0.1) is 0 Å². The fraction of sp³-hybridized carbons (Fsp3) is 0.636. The average Bonchev–Trinajstić information content (AvgIpc) is 2.82. The van der Waals surface area contributed by atoms with Crippen molar-refractivity contribution in [1.82, 2.24) is 15.3 Å². The zero-order valence-corrected chi connectivity index (χ0v) is 12.2. The number of hydrogen-bond acceptors (Lipinski definition) is 6. The first kappa shape index (κ1) is 13.8. The number of nitrogens with zero attached hydrogens (tertiary/aromatic N) is 2. The molecule has 100 valence electrons. The molecule has 1 amide bonds. The van der Waals surface area contributed by atoms with Gasteiger partial charge < -0.3 is 0 Å². The molecule has 1 aromatic heterocycles. The Bertz CT molecular complexity index is 423. The summed E-state index contributed by atoms with van der Waals surface area (Å²) < 4.78 is 0. The molecule has 2 unspecified atom stereocenters. The summed E-state index contributed by atoms with van der Waals surface area (Å²) in [6, 6.07) is 0.539. The molecule has 2 rings (SSSR count). The topological polar surface area (TPSA) is 71.2 Å². The lowest BCUT2D eigenvalue weighted by atomic mass is 10.2. The number of amides is 1. The minimum atomic E-state index is -0.318. The second-order valence-electron chi connectivity index (χ2n) is 4.40. The maximum absolute atomic E-state index is 11.3. The first-order valence-electron chi connectivity index (χ1n) is 5.93. The molecule has 18 heavy (non-hydrogen) atoms. The minimum Gasteiger partial charge on any atom is -0.293 e. The van der Waals surface area contributed by atoms with E-state index in [1.165, 1.54) is 11.3 Å². The predicted octanol–water partition coefficient (Wildman–Crippen LogP) is 1.07. The first-order valence-corrected chi connectivity index (χ1v) is 7.85. The Labute approximate surface area is 115 Å². The Morgan fingerprint density at radius 1 is 1.67 bits per heavy atom. The third-order valence-corrected chi connectivity index (χ3v) is 5.48. The van der Waals surface area contributed by atoms with Crippen molar-refractivity contribution in [2.24, 2.45) is 5.84 Å². The van der Waals surface area contributed by atoms with E-state index in [0.29, 0.717) is 16.3 Å². The van der Waals surface area contributed by atoms with E-state index >= 15 is 0 Å². The van der Waals surface area contributed by atoms with E-state index < -0.39 is 0 Å². The summed E-state index contributed by atoms with van der Waals surface area (Å²) in [5.74, 6) is 5.93. The van der Waals surface area contributed by atoms with Gasteiger partial charge in [-0.25, -0.2) is 10.8 Å². The van der Waals surface area contributed by atoms with Crippen LogP contribution >= 0.6 is 23.1 Å². The number of nitrogens with two attached hydrogens (primary N) is 1. The molecule has 2 heterocycles. The highest BCUT2D eigenvalue weighted by Gasteiger charge is 2.25. The first-order chi connectivity index (χ1) is 8.61. The number of nitrogen functional groups attached to an aromatic ring is 1. The number of hydrazine groups is 1. The summed E-state index contributed by atoms with van der Waals surface area (Å²) in [4.78, 5) is 18.1. The van der Waals surface area contributed by atoms with Gasteiger partial charge in [0.1, 0.15) is 0 Å². The van der Waals surface area contributed by atoms with Gasteiger partial charge in [-0.1, -0.05) is 6.92 Å². The second-order valence-corrected chi connectivity index (χ2v) is 6.75. The molecule has 5 nitrogen and oxygen atoms in total. The standard InChI is InChI=1S/C11H18N4OS2/c1-7-8(2)17-4-3-15(7)5-9-6-18-11(13-9)10(16)14-12/h6-8H,3-5,12H2,1-2H3,(H,14,16). The second kappa shape index (κ2) is 6.01. The van der Waals surface area contributed by atoms with E-state index in [2.05, 4.69) is 29.2 Å². The Balaban J connectivity index is 2.00. The van der Waals surface area contributed by atoms with Crippen molar-refractivity contribution in [2.45, 2.75) is 31.7 Å². The van der Waals surface area contributed by atoms with E-state index in [4.69, 9.17) is 5.84 Å². The molecule has 3 N–H and O–H groups in total. The van der Waals surface area contributed by atoms with Crippen LogP contribution in [0.3, 0.4) is 0 Å². The fourth-order valence-corrected chi connectivity index (χ4v) is 3.85. The van der Waals surface area contributed by atoms with Crippen LogP contribution in [0.1, 0.15) is 29.3 Å². The molecule has 0 spiro atoms. The van der Waals surface area contributed by atoms with Crippen molar-refractivity contribution in [3.8, 4) is 0 Å². The molecule has 1 aromatic rings. The summed E-state index contributed by atoms with van der Waals surface area (Å²) in [6.45, 7) is 6.39. The molecule has 2 atom stereocenters. The van der Waals surface area contributed by atoms with Crippen molar-refractivity contribution in [1.29, 1.82) is 0 Å². The quantitative estimate of drug-likeness (QED) is 0.494. The zero-order valence-electron chi connectivity index (χ0n) is 10.5. The van der Waals surface area contributed by atoms with E-state index in [-0.39, 0.29) is 5.91 Å². The molecule has 1 aliphatic rings. The Morgan fingerprint density at radius 2 is 2.44 bits per heavy atom. The zero-order chi connectivity index (χ0) is 13.1. The number of carbonyl (C=O) groups excluding carboxylic acids is 1. The number of carbonyl (C=O) groups is 1.